The molecule has 4 rings (SSSR count). The average molecular weight is 473 g/mol. The number of nitrogens with one attached hydrogen (secondary N) is 2. The number of aromatic nitrogens is 2. The fraction of sp³-hybridized carbons (Fsp3) is 0.182. The lowest BCUT2D eigenvalue weighted by Gasteiger charge is -2.00. The molecule has 0 atom stereocenters. The minimum absolute atomic E-state index is 0.625. The Hall–Kier alpha value is -2.48. The van der Waals surface area contributed by atoms with E-state index >= 15 is 0 Å². The van der Waals surface area contributed by atoms with Crippen molar-refractivity contribution in [1.29, 1.82) is 0 Å². The predicted molar refractivity (Wildman–Crippen MR) is 126 cm³/mol. The van der Waals surface area contributed by atoms with Gasteiger partial charge in [0.1, 0.15) is 5.65 Å². The van der Waals surface area contributed by atoms with Crippen molar-refractivity contribution in [2.75, 3.05) is 13.6 Å². The molecule has 3 aromatic heterocycles. The highest BCUT2D eigenvalue weighted by molar-refractivity contribution is 9.10. The number of nitrogens with two attached hydrogens (primary N) is 1. The van der Waals surface area contributed by atoms with Gasteiger partial charge in [-0.1, -0.05) is 30.3 Å². The Balaban J connectivity index is 0.000000195. The van der Waals surface area contributed by atoms with E-state index in [-0.39, 0.29) is 0 Å². The van der Waals surface area contributed by atoms with Gasteiger partial charge in [0.25, 0.3) is 0 Å². The Morgan fingerprint density at radius 1 is 1.24 bits per heavy atom. The second-order valence-corrected chi connectivity index (χ2v) is 8.17. The third kappa shape index (κ3) is 6.81. The number of hydrogen-bond acceptors (Lipinski definition) is 4. The smallest absolute Gasteiger partial charge is 0.206 e. The number of hydrogen-bond donors (Lipinski definition) is 3. The highest BCUT2D eigenvalue weighted by Gasteiger charge is 2.11. The van der Waals surface area contributed by atoms with E-state index in [1.807, 2.05) is 30.6 Å². The number of benzene rings is 1. The quantitative estimate of drug-likeness (QED) is 0.368. The fourth-order valence-corrected chi connectivity index (χ4v) is 4.53. The molecular formula is C22H25BrN4OS. The van der Waals surface area contributed by atoms with Crippen molar-refractivity contribution in [3.05, 3.63) is 75.8 Å². The van der Waals surface area contributed by atoms with E-state index in [2.05, 4.69) is 68.5 Å². The maximum Gasteiger partial charge on any atom is 0.206 e. The minimum Gasteiger partial charge on any atom is -0.362 e. The van der Waals surface area contributed by atoms with Crippen LogP contribution in [-0.2, 0) is 11.2 Å². The van der Waals surface area contributed by atoms with E-state index in [0.717, 1.165) is 23.1 Å². The molecule has 0 spiro atoms. The van der Waals surface area contributed by atoms with Crippen molar-refractivity contribution >= 4 is 44.7 Å². The molecule has 0 fully saturated rings. The lowest BCUT2D eigenvalue weighted by Crippen LogP contribution is -2.01. The molecule has 4 aromatic rings. The minimum atomic E-state index is 0.625. The maximum atomic E-state index is 9.06. The second kappa shape index (κ2) is 12.2. The number of aryl methyl sites for hydroxylation is 1. The summed E-state index contributed by atoms with van der Waals surface area (Å²) in [4.78, 5) is 19.1. The molecule has 0 saturated heterocycles. The third-order valence-electron chi connectivity index (χ3n) is 3.91. The maximum absolute atomic E-state index is 9.06. The zero-order valence-corrected chi connectivity index (χ0v) is 18.9. The normalized spacial score (nSPS) is 9.79. The number of nitrogens with zero attached hydrogens (tertiary/aromatic N) is 1. The standard InChI is InChI=1S/C12H9BrN2S.C8H11N.C2H5NO/c1-7-6-10(13)11(16-7)8-2-4-14-12-9(8)3-5-15-12;9-7-6-8-4-2-1-3-5-8;1-3-2-4/h2-6H,1H3,(H,14,15);1-5H,6-7,9H2;2H,1H3,(H,3,4). The number of carbonyl (C=O) groups is 1. The largest absolute Gasteiger partial charge is 0.362 e. The first-order valence-corrected chi connectivity index (χ1v) is 10.7. The van der Waals surface area contributed by atoms with Crippen LogP contribution in [0.15, 0.2) is 65.4 Å². The number of H-pyrrole nitrogens is 1. The van der Waals surface area contributed by atoms with Gasteiger partial charge in [0.05, 0.1) is 0 Å². The van der Waals surface area contributed by atoms with Crippen molar-refractivity contribution < 1.29 is 4.79 Å². The number of carbonyl (C=O) groups excluding carboxylic acids is 1. The van der Waals surface area contributed by atoms with Crippen molar-refractivity contribution in [3.63, 3.8) is 0 Å². The number of rotatable bonds is 4. The number of fused-ring (bicyclic) bond motifs is 1. The summed E-state index contributed by atoms with van der Waals surface area (Å²) >= 11 is 5.40. The van der Waals surface area contributed by atoms with Gasteiger partial charge < -0.3 is 16.0 Å². The number of pyridine rings is 1. The Bertz CT molecular complexity index is 1010. The van der Waals surface area contributed by atoms with Gasteiger partial charge in [-0.2, -0.15) is 0 Å². The summed E-state index contributed by atoms with van der Waals surface area (Å²) in [5.74, 6) is 0. The zero-order chi connectivity index (χ0) is 21.1. The van der Waals surface area contributed by atoms with Crippen molar-refractivity contribution in [2.45, 2.75) is 13.3 Å². The Morgan fingerprint density at radius 3 is 2.55 bits per heavy atom. The van der Waals surface area contributed by atoms with Gasteiger partial charge >= 0.3 is 0 Å². The lowest BCUT2D eigenvalue weighted by molar-refractivity contribution is -0.109. The second-order valence-electron chi connectivity index (χ2n) is 6.06. The molecule has 3 heterocycles. The van der Waals surface area contributed by atoms with Crippen LogP contribution in [0.3, 0.4) is 0 Å². The summed E-state index contributed by atoms with van der Waals surface area (Å²) in [6.45, 7) is 2.86. The molecule has 152 valence electrons. The molecule has 5 nitrogen and oxygen atoms in total. The topological polar surface area (TPSA) is 83.8 Å². The van der Waals surface area contributed by atoms with E-state index < -0.39 is 0 Å². The van der Waals surface area contributed by atoms with Crippen LogP contribution in [0, 0.1) is 6.92 Å². The molecule has 29 heavy (non-hydrogen) atoms. The first-order valence-electron chi connectivity index (χ1n) is 9.14. The third-order valence-corrected chi connectivity index (χ3v) is 5.88. The van der Waals surface area contributed by atoms with E-state index in [9.17, 15) is 0 Å². The molecule has 4 N–H and O–H groups in total. The van der Waals surface area contributed by atoms with Gasteiger partial charge in [0.2, 0.25) is 6.41 Å². The SMILES string of the molecule is CNC=O.Cc1cc(Br)c(-c2ccnc3[nH]ccc23)s1.NCCc1ccccc1. The predicted octanol–water partition coefficient (Wildman–Crippen LogP) is 4.91. The highest BCUT2D eigenvalue weighted by Crippen LogP contribution is 2.38. The van der Waals surface area contributed by atoms with E-state index in [1.54, 1.807) is 18.4 Å². The summed E-state index contributed by atoms with van der Waals surface area (Å²) in [5, 5.41) is 3.42. The Kier molecular flexibility index (Phi) is 9.56. The van der Waals surface area contributed by atoms with E-state index in [4.69, 9.17) is 10.5 Å². The lowest BCUT2D eigenvalue weighted by atomic mass is 10.1. The number of amides is 1. The summed E-state index contributed by atoms with van der Waals surface area (Å²) in [7, 11) is 1.56. The van der Waals surface area contributed by atoms with Crippen LogP contribution in [-0.4, -0.2) is 30.0 Å². The van der Waals surface area contributed by atoms with Crippen molar-refractivity contribution in [2.24, 2.45) is 5.73 Å². The van der Waals surface area contributed by atoms with Crippen molar-refractivity contribution in [3.8, 4) is 10.4 Å². The van der Waals surface area contributed by atoms with Gasteiger partial charge in [0.15, 0.2) is 0 Å². The number of halogens is 1. The molecule has 0 unspecified atom stereocenters. The van der Waals surface area contributed by atoms with Crippen LogP contribution in [0.1, 0.15) is 10.4 Å². The van der Waals surface area contributed by atoms with Crippen LogP contribution in [0.5, 0.6) is 0 Å². The first kappa shape index (κ1) is 22.8. The summed E-state index contributed by atoms with van der Waals surface area (Å²) in [5.41, 5.74) is 8.85. The van der Waals surface area contributed by atoms with Crippen LogP contribution >= 0.6 is 27.3 Å². The van der Waals surface area contributed by atoms with Crippen LogP contribution in [0.2, 0.25) is 0 Å². The molecular weight excluding hydrogens is 448 g/mol. The van der Waals surface area contributed by atoms with Gasteiger partial charge in [0, 0.05) is 44.6 Å². The molecule has 1 amide bonds. The monoisotopic (exact) mass is 472 g/mol. The van der Waals surface area contributed by atoms with Crippen LogP contribution in [0.4, 0.5) is 0 Å². The van der Waals surface area contributed by atoms with E-state index in [1.165, 1.54) is 26.3 Å². The number of aromatic amines is 1. The first-order chi connectivity index (χ1) is 14.1. The molecule has 0 bridgehead atoms. The molecule has 1 aromatic carbocycles. The van der Waals surface area contributed by atoms with Gasteiger partial charge in [-0.15, -0.1) is 11.3 Å². The molecule has 0 aliphatic heterocycles. The molecule has 0 radical (unpaired) electrons. The van der Waals surface area contributed by atoms with E-state index in [0.29, 0.717) is 6.41 Å². The zero-order valence-electron chi connectivity index (χ0n) is 16.5. The summed E-state index contributed by atoms with van der Waals surface area (Å²) in [6, 6.07) is 16.5. The molecule has 0 aliphatic carbocycles. The highest BCUT2D eigenvalue weighted by atomic mass is 79.9. The van der Waals surface area contributed by atoms with Gasteiger partial charge in [-0.3, -0.25) is 4.79 Å². The van der Waals surface area contributed by atoms with Gasteiger partial charge in [-0.05, 0) is 59.6 Å². The van der Waals surface area contributed by atoms with Gasteiger partial charge in [-0.25, -0.2) is 4.98 Å². The fourth-order valence-electron chi connectivity index (χ4n) is 2.64. The Labute approximate surface area is 183 Å². The summed E-state index contributed by atoms with van der Waals surface area (Å²) in [6.07, 6.45) is 5.38. The number of thiophene rings is 1. The van der Waals surface area contributed by atoms with Crippen LogP contribution < -0.4 is 11.1 Å². The molecule has 7 heteroatoms. The summed E-state index contributed by atoms with van der Waals surface area (Å²) < 4.78 is 1.16. The molecule has 0 aliphatic rings. The van der Waals surface area contributed by atoms with Crippen LogP contribution in [0.25, 0.3) is 21.5 Å². The van der Waals surface area contributed by atoms with Crippen molar-refractivity contribution in [1.82, 2.24) is 15.3 Å². The average Bonchev–Trinajstić information content (AvgIpc) is 3.35. The Morgan fingerprint density at radius 2 is 1.97 bits per heavy atom. The molecule has 0 saturated carbocycles.